The summed E-state index contributed by atoms with van der Waals surface area (Å²) in [5.74, 6) is 1.75. The zero-order valence-corrected chi connectivity index (χ0v) is 11.3. The minimum atomic E-state index is -1.03. The molecule has 96 valence electrons. The lowest BCUT2D eigenvalue weighted by molar-refractivity contribution is -0.150. The van der Waals surface area contributed by atoms with E-state index in [1.165, 1.54) is 0 Å². The van der Waals surface area contributed by atoms with Crippen molar-refractivity contribution in [2.24, 2.45) is 5.41 Å². The number of ether oxygens (including phenoxy) is 1. The van der Waals surface area contributed by atoms with Crippen molar-refractivity contribution in [3.63, 3.8) is 0 Å². The fraction of sp³-hybridized carbons (Fsp3) is 0.357. The molecular weight excluding hydrogens is 252 g/mol. The van der Waals surface area contributed by atoms with Gasteiger partial charge in [0, 0.05) is 10.4 Å². The molecular formula is C14H15ClO3. The molecule has 0 radical (unpaired) electrons. The van der Waals surface area contributed by atoms with Gasteiger partial charge in [-0.2, -0.15) is 0 Å². The summed E-state index contributed by atoms with van der Waals surface area (Å²) in [5, 5.41) is 9.67. The van der Waals surface area contributed by atoms with Gasteiger partial charge in [0.2, 0.25) is 0 Å². The van der Waals surface area contributed by atoms with E-state index < -0.39 is 17.5 Å². The first-order valence-corrected chi connectivity index (χ1v) is 5.79. The van der Waals surface area contributed by atoms with Crippen LogP contribution < -0.4 is 4.74 Å². The van der Waals surface area contributed by atoms with E-state index in [1.807, 2.05) is 0 Å². The van der Waals surface area contributed by atoms with Crippen LogP contribution in [0.2, 0.25) is 5.02 Å². The second-order valence-electron chi connectivity index (χ2n) is 4.99. The number of aliphatic carboxylic acids is 1. The first-order valence-electron chi connectivity index (χ1n) is 5.41. The van der Waals surface area contributed by atoms with Crippen molar-refractivity contribution in [1.82, 2.24) is 0 Å². The number of hydrogen-bond donors (Lipinski definition) is 1. The van der Waals surface area contributed by atoms with E-state index >= 15 is 0 Å². The molecule has 1 aromatic rings. The Morgan fingerprint density at radius 1 is 1.50 bits per heavy atom. The fourth-order valence-corrected chi connectivity index (χ4v) is 1.61. The normalized spacial score (nSPS) is 12.6. The quantitative estimate of drug-likeness (QED) is 0.855. The molecule has 0 aliphatic rings. The summed E-state index contributed by atoms with van der Waals surface area (Å²) >= 11 is 5.82. The van der Waals surface area contributed by atoms with Crippen LogP contribution in [0.3, 0.4) is 0 Å². The summed E-state index contributed by atoms with van der Waals surface area (Å²) in [4.78, 5) is 11.2. The Kier molecular flexibility index (Phi) is 4.26. The van der Waals surface area contributed by atoms with Gasteiger partial charge in [0.05, 0.1) is 5.56 Å². The third-order valence-corrected chi connectivity index (χ3v) is 2.59. The van der Waals surface area contributed by atoms with E-state index in [-0.39, 0.29) is 0 Å². The van der Waals surface area contributed by atoms with Crippen molar-refractivity contribution in [3.05, 3.63) is 28.8 Å². The number of benzene rings is 1. The van der Waals surface area contributed by atoms with Crippen molar-refractivity contribution in [2.75, 3.05) is 0 Å². The second-order valence-corrected chi connectivity index (χ2v) is 5.42. The molecule has 0 aromatic heterocycles. The van der Waals surface area contributed by atoms with E-state index in [0.717, 1.165) is 0 Å². The van der Waals surface area contributed by atoms with Gasteiger partial charge in [-0.05, 0) is 18.2 Å². The predicted octanol–water partition coefficient (Wildman–Crippen LogP) is 3.20. The maximum absolute atomic E-state index is 11.2. The van der Waals surface area contributed by atoms with Crippen LogP contribution in [0.1, 0.15) is 26.3 Å². The molecule has 1 N–H and O–H groups in total. The monoisotopic (exact) mass is 266 g/mol. The summed E-state index contributed by atoms with van der Waals surface area (Å²) in [6.45, 7) is 5.37. The van der Waals surface area contributed by atoms with Crippen LogP contribution in [0.4, 0.5) is 0 Å². The summed E-state index contributed by atoms with van der Waals surface area (Å²) in [7, 11) is 0. The number of rotatable bonds is 3. The van der Waals surface area contributed by atoms with Crippen molar-refractivity contribution in [1.29, 1.82) is 0 Å². The van der Waals surface area contributed by atoms with E-state index in [4.69, 9.17) is 22.8 Å². The first-order chi connectivity index (χ1) is 8.25. The van der Waals surface area contributed by atoms with Crippen LogP contribution in [0.5, 0.6) is 5.75 Å². The SMILES string of the molecule is C#Cc1cc(Cl)ccc1OC(C(=O)O)C(C)(C)C. The van der Waals surface area contributed by atoms with Gasteiger partial charge >= 0.3 is 5.97 Å². The van der Waals surface area contributed by atoms with E-state index in [2.05, 4.69) is 5.92 Å². The second kappa shape index (κ2) is 5.32. The summed E-state index contributed by atoms with van der Waals surface area (Å²) in [6.07, 6.45) is 4.36. The lowest BCUT2D eigenvalue weighted by atomic mass is 9.89. The summed E-state index contributed by atoms with van der Waals surface area (Å²) in [5.41, 5.74) is -0.102. The van der Waals surface area contributed by atoms with Gasteiger partial charge < -0.3 is 9.84 Å². The number of hydrogen-bond acceptors (Lipinski definition) is 2. The molecule has 3 nitrogen and oxygen atoms in total. The van der Waals surface area contributed by atoms with Gasteiger partial charge in [-0.15, -0.1) is 6.42 Å². The molecule has 0 saturated carbocycles. The number of carboxylic acids is 1. The molecule has 0 aliphatic heterocycles. The van der Waals surface area contributed by atoms with Crippen LogP contribution in [0.25, 0.3) is 0 Å². The predicted molar refractivity (Wildman–Crippen MR) is 70.9 cm³/mol. The summed E-state index contributed by atoms with van der Waals surface area (Å²) < 4.78 is 5.52. The molecule has 0 fully saturated rings. The van der Waals surface area contributed by atoms with E-state index in [1.54, 1.807) is 39.0 Å². The van der Waals surface area contributed by atoms with Gasteiger partial charge in [-0.25, -0.2) is 4.79 Å². The Morgan fingerprint density at radius 3 is 2.56 bits per heavy atom. The highest BCUT2D eigenvalue weighted by Gasteiger charge is 2.33. The van der Waals surface area contributed by atoms with Crippen LogP contribution in [0.15, 0.2) is 18.2 Å². The molecule has 0 aliphatic carbocycles. The zero-order valence-electron chi connectivity index (χ0n) is 10.5. The maximum Gasteiger partial charge on any atom is 0.345 e. The molecule has 4 heteroatoms. The van der Waals surface area contributed by atoms with Crippen LogP contribution in [0, 0.1) is 17.8 Å². The lowest BCUT2D eigenvalue weighted by Gasteiger charge is -2.28. The topological polar surface area (TPSA) is 46.5 Å². The summed E-state index contributed by atoms with van der Waals surface area (Å²) in [6, 6.07) is 4.76. The number of terminal acetylenes is 1. The molecule has 0 amide bonds. The molecule has 1 aromatic carbocycles. The number of halogens is 1. The molecule has 0 bridgehead atoms. The van der Waals surface area contributed by atoms with E-state index in [9.17, 15) is 9.90 Å². The molecule has 1 rings (SSSR count). The highest BCUT2D eigenvalue weighted by molar-refractivity contribution is 6.30. The largest absolute Gasteiger partial charge is 0.478 e. The number of carboxylic acid groups (broad SMARTS) is 1. The minimum absolute atomic E-state index is 0.351. The fourth-order valence-electron chi connectivity index (χ4n) is 1.44. The highest BCUT2D eigenvalue weighted by atomic mass is 35.5. The van der Waals surface area contributed by atoms with Gasteiger partial charge in [0.25, 0.3) is 0 Å². The highest BCUT2D eigenvalue weighted by Crippen LogP contribution is 2.28. The molecule has 1 atom stereocenters. The Labute approximate surface area is 112 Å². The third kappa shape index (κ3) is 3.41. The molecule has 0 spiro atoms. The maximum atomic E-state index is 11.2. The lowest BCUT2D eigenvalue weighted by Crippen LogP contribution is -2.39. The van der Waals surface area contributed by atoms with Crippen molar-refractivity contribution in [2.45, 2.75) is 26.9 Å². The zero-order chi connectivity index (χ0) is 13.9. The van der Waals surface area contributed by atoms with Gasteiger partial charge in [0.15, 0.2) is 6.10 Å². The van der Waals surface area contributed by atoms with Gasteiger partial charge in [0.1, 0.15) is 5.75 Å². The third-order valence-electron chi connectivity index (χ3n) is 2.35. The molecule has 0 saturated heterocycles. The van der Waals surface area contributed by atoms with Crippen molar-refractivity contribution in [3.8, 4) is 18.1 Å². The molecule has 0 heterocycles. The Hall–Kier alpha value is -1.66. The minimum Gasteiger partial charge on any atom is -0.478 e. The average Bonchev–Trinajstić information content (AvgIpc) is 2.24. The van der Waals surface area contributed by atoms with E-state index in [0.29, 0.717) is 16.3 Å². The Morgan fingerprint density at radius 2 is 2.11 bits per heavy atom. The standard InChI is InChI=1S/C14H15ClO3/c1-5-9-8-10(15)6-7-11(9)18-12(13(16)17)14(2,3)4/h1,6-8,12H,2-4H3,(H,16,17). The Balaban J connectivity index is 3.10. The van der Waals surface area contributed by atoms with Crippen molar-refractivity contribution >= 4 is 17.6 Å². The molecule has 18 heavy (non-hydrogen) atoms. The first kappa shape index (κ1) is 14.4. The smallest absolute Gasteiger partial charge is 0.345 e. The molecule has 1 unspecified atom stereocenters. The van der Waals surface area contributed by atoms with Crippen LogP contribution in [-0.4, -0.2) is 17.2 Å². The van der Waals surface area contributed by atoms with Crippen LogP contribution in [-0.2, 0) is 4.79 Å². The van der Waals surface area contributed by atoms with Crippen molar-refractivity contribution < 1.29 is 14.6 Å². The average molecular weight is 267 g/mol. The number of carbonyl (C=O) groups is 1. The van der Waals surface area contributed by atoms with Crippen LogP contribution >= 0.6 is 11.6 Å². The van der Waals surface area contributed by atoms with Gasteiger partial charge in [-0.3, -0.25) is 0 Å². The Bertz CT molecular complexity index is 495. The van der Waals surface area contributed by atoms with Gasteiger partial charge in [-0.1, -0.05) is 38.3 Å².